The first kappa shape index (κ1) is 13.4. The van der Waals surface area contributed by atoms with Crippen molar-refractivity contribution in [3.63, 3.8) is 0 Å². The molecule has 4 nitrogen and oxygen atoms in total. The second kappa shape index (κ2) is 6.20. The number of aliphatic carboxylic acids is 1. The van der Waals surface area contributed by atoms with Crippen molar-refractivity contribution in [2.75, 3.05) is 24.5 Å². The average Bonchev–Trinajstić information content (AvgIpc) is 2.37. The van der Waals surface area contributed by atoms with Gasteiger partial charge in [-0.1, -0.05) is 15.9 Å². The molecule has 1 atom stereocenters. The van der Waals surface area contributed by atoms with Gasteiger partial charge in [0.25, 0.3) is 0 Å². The molecule has 0 amide bonds. The van der Waals surface area contributed by atoms with Crippen LogP contribution < -0.4 is 10.2 Å². The van der Waals surface area contributed by atoms with Gasteiger partial charge in [-0.3, -0.25) is 4.79 Å². The molecule has 0 aliphatic carbocycles. The number of carbonyl (C=O) groups is 1. The van der Waals surface area contributed by atoms with Gasteiger partial charge in [0.05, 0.1) is 0 Å². The van der Waals surface area contributed by atoms with Gasteiger partial charge < -0.3 is 15.3 Å². The summed E-state index contributed by atoms with van der Waals surface area (Å²) in [5, 5.41) is 12.1. The lowest BCUT2D eigenvalue weighted by Crippen LogP contribution is -2.50. The van der Waals surface area contributed by atoms with Crippen molar-refractivity contribution >= 4 is 27.6 Å². The average molecular weight is 313 g/mol. The van der Waals surface area contributed by atoms with Crippen LogP contribution in [0, 0.1) is 0 Å². The Labute approximate surface area is 115 Å². The van der Waals surface area contributed by atoms with E-state index in [1.807, 2.05) is 12.1 Å². The molecule has 1 aliphatic heterocycles. The highest BCUT2D eigenvalue weighted by Crippen LogP contribution is 2.20. The van der Waals surface area contributed by atoms with Crippen LogP contribution in [0.1, 0.15) is 12.8 Å². The largest absolute Gasteiger partial charge is 0.481 e. The van der Waals surface area contributed by atoms with Crippen LogP contribution in [0.5, 0.6) is 0 Å². The van der Waals surface area contributed by atoms with E-state index in [9.17, 15) is 4.79 Å². The van der Waals surface area contributed by atoms with Crippen molar-refractivity contribution in [1.82, 2.24) is 5.32 Å². The molecule has 2 N–H and O–H groups in total. The van der Waals surface area contributed by atoms with Crippen LogP contribution in [0.4, 0.5) is 5.69 Å². The Morgan fingerprint density at radius 1 is 1.44 bits per heavy atom. The summed E-state index contributed by atoms with van der Waals surface area (Å²) >= 11 is 3.43. The van der Waals surface area contributed by atoms with E-state index in [1.165, 1.54) is 5.69 Å². The number of carboxylic acid groups (broad SMARTS) is 1. The fourth-order valence-corrected chi connectivity index (χ4v) is 2.47. The summed E-state index contributed by atoms with van der Waals surface area (Å²) in [5.74, 6) is -0.724. The molecule has 1 unspecified atom stereocenters. The molecule has 0 bridgehead atoms. The van der Waals surface area contributed by atoms with Crippen LogP contribution in [0.3, 0.4) is 0 Å². The smallest absolute Gasteiger partial charge is 0.303 e. The molecule has 2 rings (SSSR count). The predicted molar refractivity (Wildman–Crippen MR) is 75.0 cm³/mol. The topological polar surface area (TPSA) is 52.6 Å². The fraction of sp³-hybridized carbons (Fsp3) is 0.462. The van der Waals surface area contributed by atoms with Crippen molar-refractivity contribution in [2.45, 2.75) is 18.9 Å². The highest BCUT2D eigenvalue weighted by Gasteiger charge is 2.19. The molecular formula is C13H17BrN2O2. The van der Waals surface area contributed by atoms with Crippen LogP contribution in [0.15, 0.2) is 28.7 Å². The van der Waals surface area contributed by atoms with Crippen molar-refractivity contribution in [1.29, 1.82) is 0 Å². The molecule has 1 aliphatic rings. The number of benzene rings is 1. The highest BCUT2D eigenvalue weighted by molar-refractivity contribution is 9.10. The van der Waals surface area contributed by atoms with E-state index in [-0.39, 0.29) is 12.5 Å². The summed E-state index contributed by atoms with van der Waals surface area (Å²) in [5.41, 5.74) is 1.19. The number of hydrogen-bond acceptors (Lipinski definition) is 3. The molecular weight excluding hydrogens is 296 g/mol. The van der Waals surface area contributed by atoms with Crippen molar-refractivity contribution in [3.05, 3.63) is 28.7 Å². The number of nitrogens with zero attached hydrogens (tertiary/aromatic N) is 1. The minimum Gasteiger partial charge on any atom is -0.481 e. The zero-order valence-electron chi connectivity index (χ0n) is 10.1. The molecule has 1 heterocycles. The Hall–Kier alpha value is -1.07. The van der Waals surface area contributed by atoms with Crippen molar-refractivity contribution < 1.29 is 9.90 Å². The van der Waals surface area contributed by atoms with E-state index in [2.05, 4.69) is 38.3 Å². The third kappa shape index (κ3) is 3.71. The molecule has 18 heavy (non-hydrogen) atoms. The molecule has 1 fully saturated rings. The molecule has 0 spiro atoms. The predicted octanol–water partition coefficient (Wildman–Crippen LogP) is 2.09. The maximum absolute atomic E-state index is 10.6. The Morgan fingerprint density at radius 2 is 2.17 bits per heavy atom. The lowest BCUT2D eigenvalue weighted by molar-refractivity contribution is -0.137. The van der Waals surface area contributed by atoms with E-state index >= 15 is 0 Å². The normalized spacial score (nSPS) is 19.8. The van der Waals surface area contributed by atoms with Gasteiger partial charge in [0.2, 0.25) is 0 Å². The minimum atomic E-state index is -0.724. The standard InChI is InChI=1S/C13H17BrN2O2/c14-10-1-4-12(5-2-10)16-8-7-15-11(9-16)3-6-13(17)18/h1-2,4-5,11,15H,3,6-9H2,(H,17,18). The van der Waals surface area contributed by atoms with Crippen LogP contribution in [-0.2, 0) is 4.79 Å². The zero-order valence-corrected chi connectivity index (χ0v) is 11.7. The van der Waals surface area contributed by atoms with Crippen molar-refractivity contribution in [2.24, 2.45) is 0 Å². The van der Waals surface area contributed by atoms with Crippen LogP contribution in [0.2, 0.25) is 0 Å². The molecule has 98 valence electrons. The molecule has 1 saturated heterocycles. The Bertz CT molecular complexity index is 408. The molecule has 5 heteroatoms. The molecule has 0 saturated carbocycles. The van der Waals surface area contributed by atoms with Crippen molar-refractivity contribution in [3.8, 4) is 0 Å². The fourth-order valence-electron chi connectivity index (χ4n) is 2.20. The Balaban J connectivity index is 1.93. The summed E-state index contributed by atoms with van der Waals surface area (Å²) in [7, 11) is 0. The molecule has 1 aromatic rings. The second-order valence-corrected chi connectivity index (χ2v) is 5.42. The summed E-state index contributed by atoms with van der Waals surface area (Å²) < 4.78 is 1.07. The molecule has 1 aromatic carbocycles. The number of halogens is 1. The Morgan fingerprint density at radius 3 is 2.83 bits per heavy atom. The molecule has 0 radical (unpaired) electrons. The number of piperazine rings is 1. The summed E-state index contributed by atoms with van der Waals surface area (Å²) in [6.45, 7) is 2.74. The first-order valence-electron chi connectivity index (χ1n) is 6.11. The Kier molecular flexibility index (Phi) is 4.60. The number of carboxylic acids is 1. The van der Waals surface area contributed by atoms with Crippen LogP contribution >= 0.6 is 15.9 Å². The third-order valence-electron chi connectivity index (χ3n) is 3.15. The van der Waals surface area contributed by atoms with Gasteiger partial charge >= 0.3 is 5.97 Å². The van der Waals surface area contributed by atoms with Gasteiger partial charge in [-0.25, -0.2) is 0 Å². The minimum absolute atomic E-state index is 0.228. The first-order valence-corrected chi connectivity index (χ1v) is 6.90. The van der Waals surface area contributed by atoms with Crippen LogP contribution in [0.25, 0.3) is 0 Å². The second-order valence-electron chi connectivity index (χ2n) is 4.51. The lowest BCUT2D eigenvalue weighted by Gasteiger charge is -2.35. The SMILES string of the molecule is O=C(O)CCC1CN(c2ccc(Br)cc2)CCN1. The van der Waals surface area contributed by atoms with E-state index in [1.54, 1.807) is 0 Å². The lowest BCUT2D eigenvalue weighted by atomic mass is 10.1. The quantitative estimate of drug-likeness (QED) is 0.894. The summed E-state index contributed by atoms with van der Waals surface area (Å²) in [6.07, 6.45) is 0.911. The number of nitrogens with one attached hydrogen (secondary N) is 1. The van der Waals surface area contributed by atoms with Gasteiger partial charge in [0.1, 0.15) is 0 Å². The van der Waals surface area contributed by atoms with Crippen LogP contribution in [-0.4, -0.2) is 36.8 Å². The summed E-state index contributed by atoms with van der Waals surface area (Å²) in [4.78, 5) is 12.9. The van der Waals surface area contributed by atoms with E-state index in [0.29, 0.717) is 6.42 Å². The third-order valence-corrected chi connectivity index (χ3v) is 3.68. The summed E-state index contributed by atoms with van der Waals surface area (Å²) in [6, 6.07) is 8.50. The van der Waals surface area contributed by atoms with Gasteiger partial charge in [-0.15, -0.1) is 0 Å². The number of rotatable bonds is 4. The zero-order chi connectivity index (χ0) is 13.0. The number of anilines is 1. The van der Waals surface area contributed by atoms with Gasteiger partial charge in [-0.05, 0) is 30.7 Å². The van der Waals surface area contributed by atoms with Gasteiger partial charge in [0, 0.05) is 42.3 Å². The van der Waals surface area contributed by atoms with E-state index in [0.717, 1.165) is 24.1 Å². The van der Waals surface area contributed by atoms with E-state index < -0.39 is 5.97 Å². The van der Waals surface area contributed by atoms with Gasteiger partial charge in [0.15, 0.2) is 0 Å². The first-order chi connectivity index (χ1) is 8.65. The van der Waals surface area contributed by atoms with E-state index in [4.69, 9.17) is 5.11 Å². The number of hydrogen-bond donors (Lipinski definition) is 2. The monoisotopic (exact) mass is 312 g/mol. The highest BCUT2D eigenvalue weighted by atomic mass is 79.9. The molecule has 0 aromatic heterocycles. The maximum atomic E-state index is 10.6. The van der Waals surface area contributed by atoms with Gasteiger partial charge in [-0.2, -0.15) is 0 Å². The maximum Gasteiger partial charge on any atom is 0.303 e.